The van der Waals surface area contributed by atoms with Crippen LogP contribution in [0.25, 0.3) is 0 Å². The molecule has 6 nitrogen and oxygen atoms in total. The van der Waals surface area contributed by atoms with Crippen LogP contribution in [0, 0.1) is 5.92 Å². The molecule has 20 heavy (non-hydrogen) atoms. The van der Waals surface area contributed by atoms with Crippen molar-refractivity contribution >= 4 is 17.8 Å². The van der Waals surface area contributed by atoms with Gasteiger partial charge >= 0.3 is 5.97 Å². The highest BCUT2D eigenvalue weighted by Crippen LogP contribution is 2.10. The van der Waals surface area contributed by atoms with Crippen molar-refractivity contribution in [1.82, 2.24) is 10.6 Å². The summed E-state index contributed by atoms with van der Waals surface area (Å²) in [5.74, 6) is -0.894. The van der Waals surface area contributed by atoms with Gasteiger partial charge in [0.2, 0.25) is 11.8 Å². The van der Waals surface area contributed by atoms with Gasteiger partial charge in [-0.25, -0.2) is 0 Å². The fraction of sp³-hybridized carbons (Fsp3) is 0.786. The van der Waals surface area contributed by atoms with Crippen LogP contribution in [0.15, 0.2) is 0 Å². The van der Waals surface area contributed by atoms with E-state index in [0.717, 1.165) is 6.42 Å². The summed E-state index contributed by atoms with van der Waals surface area (Å²) in [4.78, 5) is 33.6. The van der Waals surface area contributed by atoms with E-state index in [4.69, 9.17) is 5.11 Å². The number of carboxylic acid groups (broad SMARTS) is 1. The van der Waals surface area contributed by atoms with Crippen molar-refractivity contribution in [1.29, 1.82) is 0 Å². The zero-order valence-electron chi connectivity index (χ0n) is 12.8. The highest BCUT2D eigenvalue weighted by atomic mass is 16.4. The van der Waals surface area contributed by atoms with E-state index in [1.807, 2.05) is 13.8 Å². The van der Waals surface area contributed by atoms with Crippen molar-refractivity contribution in [2.75, 3.05) is 6.54 Å². The topological polar surface area (TPSA) is 95.5 Å². The third kappa shape index (κ3) is 10.3. The summed E-state index contributed by atoms with van der Waals surface area (Å²) >= 11 is 0. The number of rotatable bonds is 9. The van der Waals surface area contributed by atoms with Crippen LogP contribution in [-0.2, 0) is 14.4 Å². The molecule has 0 aliphatic heterocycles. The smallest absolute Gasteiger partial charge is 0.303 e. The van der Waals surface area contributed by atoms with E-state index in [2.05, 4.69) is 10.6 Å². The first-order chi connectivity index (χ1) is 9.12. The lowest BCUT2D eigenvalue weighted by molar-refractivity contribution is -0.137. The molecular weight excluding hydrogens is 260 g/mol. The molecule has 0 aromatic carbocycles. The maximum Gasteiger partial charge on any atom is 0.303 e. The molecule has 0 saturated carbocycles. The quantitative estimate of drug-likeness (QED) is 0.595. The van der Waals surface area contributed by atoms with Gasteiger partial charge in [0.1, 0.15) is 0 Å². The molecule has 0 aromatic heterocycles. The fourth-order valence-electron chi connectivity index (χ4n) is 1.59. The van der Waals surface area contributed by atoms with Gasteiger partial charge in [0.25, 0.3) is 0 Å². The number of hydrogen-bond donors (Lipinski definition) is 3. The molecule has 116 valence electrons. The molecule has 0 rings (SSSR count). The van der Waals surface area contributed by atoms with Crippen LogP contribution < -0.4 is 10.6 Å². The zero-order chi connectivity index (χ0) is 15.8. The van der Waals surface area contributed by atoms with Gasteiger partial charge in [-0.05, 0) is 32.6 Å². The van der Waals surface area contributed by atoms with Crippen LogP contribution in [0.2, 0.25) is 0 Å². The summed E-state index contributed by atoms with van der Waals surface area (Å²) in [5, 5.41) is 13.9. The maximum absolute atomic E-state index is 11.7. The minimum atomic E-state index is -0.894. The molecule has 0 atom stereocenters. The third-order valence-corrected chi connectivity index (χ3v) is 2.84. The molecule has 0 spiro atoms. The molecular formula is C14H26N2O4. The molecule has 0 saturated heterocycles. The molecule has 0 aliphatic carbocycles. The van der Waals surface area contributed by atoms with Crippen LogP contribution in [0.5, 0.6) is 0 Å². The Balaban J connectivity index is 3.97. The molecule has 0 aliphatic rings. The fourth-order valence-corrected chi connectivity index (χ4v) is 1.59. The molecule has 0 unspecified atom stereocenters. The first-order valence-electron chi connectivity index (χ1n) is 6.92. The Kier molecular flexibility index (Phi) is 7.87. The number of carbonyl (C=O) groups excluding carboxylic acids is 2. The normalized spacial score (nSPS) is 11.2. The Bertz CT molecular complexity index is 351. The van der Waals surface area contributed by atoms with Crippen LogP contribution in [0.3, 0.4) is 0 Å². The number of amides is 2. The summed E-state index contributed by atoms with van der Waals surface area (Å²) in [6.07, 6.45) is 1.54. The maximum atomic E-state index is 11.7. The van der Waals surface area contributed by atoms with E-state index in [1.165, 1.54) is 0 Å². The minimum absolute atomic E-state index is 0.00593. The zero-order valence-corrected chi connectivity index (χ0v) is 12.8. The van der Waals surface area contributed by atoms with Crippen LogP contribution in [-0.4, -0.2) is 35.0 Å². The molecule has 0 aromatic rings. The first-order valence-corrected chi connectivity index (χ1v) is 6.92. The van der Waals surface area contributed by atoms with Crippen molar-refractivity contribution in [2.45, 2.75) is 58.9 Å². The molecule has 2 amide bonds. The van der Waals surface area contributed by atoms with Gasteiger partial charge in [0, 0.05) is 18.4 Å². The first kappa shape index (κ1) is 18.4. The van der Waals surface area contributed by atoms with Gasteiger partial charge in [-0.3, -0.25) is 14.4 Å². The van der Waals surface area contributed by atoms with Crippen LogP contribution >= 0.6 is 0 Å². The van der Waals surface area contributed by atoms with Gasteiger partial charge in [-0.2, -0.15) is 0 Å². The number of aliphatic carboxylic acids is 1. The van der Waals surface area contributed by atoms with Crippen molar-refractivity contribution in [3.05, 3.63) is 0 Å². The Hall–Kier alpha value is -1.59. The standard InChI is InChI=1S/C14H26N2O4/c1-10(2)5-6-11(17)15-9-12(18)16-14(3,4)8-7-13(19)20/h10H,5-9H2,1-4H3,(H,15,17)(H,16,18)(H,19,20). The van der Waals surface area contributed by atoms with Gasteiger partial charge in [-0.15, -0.1) is 0 Å². The van der Waals surface area contributed by atoms with Crippen molar-refractivity contribution in [2.24, 2.45) is 5.92 Å². The molecule has 0 bridgehead atoms. The van der Waals surface area contributed by atoms with E-state index < -0.39 is 11.5 Å². The molecule has 3 N–H and O–H groups in total. The number of hydrogen-bond acceptors (Lipinski definition) is 3. The monoisotopic (exact) mass is 286 g/mol. The summed E-state index contributed by atoms with van der Waals surface area (Å²) in [6, 6.07) is 0. The average molecular weight is 286 g/mol. The second kappa shape index (κ2) is 8.55. The number of carboxylic acids is 1. The minimum Gasteiger partial charge on any atom is -0.481 e. The van der Waals surface area contributed by atoms with Gasteiger partial charge in [0.15, 0.2) is 0 Å². The lowest BCUT2D eigenvalue weighted by Crippen LogP contribution is -2.47. The Morgan fingerprint density at radius 1 is 1.10 bits per heavy atom. The van der Waals surface area contributed by atoms with E-state index in [-0.39, 0.29) is 24.8 Å². The predicted octanol–water partition coefficient (Wildman–Crippen LogP) is 1.30. The van der Waals surface area contributed by atoms with Gasteiger partial charge in [-0.1, -0.05) is 13.8 Å². The lowest BCUT2D eigenvalue weighted by atomic mass is 9.98. The van der Waals surface area contributed by atoms with Crippen molar-refractivity contribution in [3.63, 3.8) is 0 Å². The second-order valence-corrected chi connectivity index (χ2v) is 6.04. The van der Waals surface area contributed by atoms with Crippen LogP contribution in [0.4, 0.5) is 0 Å². The van der Waals surface area contributed by atoms with E-state index in [9.17, 15) is 14.4 Å². The average Bonchev–Trinajstić information content (AvgIpc) is 2.31. The SMILES string of the molecule is CC(C)CCC(=O)NCC(=O)NC(C)(C)CCC(=O)O. The van der Waals surface area contributed by atoms with E-state index >= 15 is 0 Å². The second-order valence-electron chi connectivity index (χ2n) is 6.04. The highest BCUT2D eigenvalue weighted by Gasteiger charge is 2.21. The van der Waals surface area contributed by atoms with Gasteiger partial charge < -0.3 is 15.7 Å². The number of carbonyl (C=O) groups is 3. The summed E-state index contributed by atoms with van der Waals surface area (Å²) in [5.41, 5.74) is -0.599. The number of nitrogens with one attached hydrogen (secondary N) is 2. The molecule has 6 heteroatoms. The molecule has 0 radical (unpaired) electrons. The molecule has 0 heterocycles. The van der Waals surface area contributed by atoms with Crippen molar-refractivity contribution < 1.29 is 19.5 Å². The summed E-state index contributed by atoms with van der Waals surface area (Å²) < 4.78 is 0. The third-order valence-electron chi connectivity index (χ3n) is 2.84. The van der Waals surface area contributed by atoms with Crippen LogP contribution in [0.1, 0.15) is 53.4 Å². The lowest BCUT2D eigenvalue weighted by Gasteiger charge is -2.25. The van der Waals surface area contributed by atoms with Crippen molar-refractivity contribution in [3.8, 4) is 0 Å². The van der Waals surface area contributed by atoms with Gasteiger partial charge in [0.05, 0.1) is 6.54 Å². The Labute approximate surface area is 120 Å². The Morgan fingerprint density at radius 2 is 1.70 bits per heavy atom. The highest BCUT2D eigenvalue weighted by molar-refractivity contribution is 5.85. The largest absolute Gasteiger partial charge is 0.481 e. The summed E-state index contributed by atoms with van der Waals surface area (Å²) in [6.45, 7) is 7.51. The van der Waals surface area contributed by atoms with E-state index in [1.54, 1.807) is 13.8 Å². The Morgan fingerprint density at radius 3 is 2.20 bits per heavy atom. The predicted molar refractivity (Wildman–Crippen MR) is 76.2 cm³/mol. The van der Waals surface area contributed by atoms with E-state index in [0.29, 0.717) is 18.8 Å². The summed E-state index contributed by atoms with van der Waals surface area (Å²) in [7, 11) is 0. The molecule has 0 fully saturated rings.